The second-order valence-corrected chi connectivity index (χ2v) is 5.14. The van der Waals surface area contributed by atoms with Crippen molar-refractivity contribution < 1.29 is 9.21 Å². The van der Waals surface area contributed by atoms with Crippen molar-refractivity contribution in [1.29, 1.82) is 0 Å². The highest BCUT2D eigenvalue weighted by molar-refractivity contribution is 5.75. The van der Waals surface area contributed by atoms with E-state index in [2.05, 4.69) is 15.6 Å². The fourth-order valence-corrected chi connectivity index (χ4v) is 2.14. The third-order valence-electron chi connectivity index (χ3n) is 3.33. The fraction of sp³-hybridized carbons (Fsp3) is 0.412. The number of amides is 1. The highest BCUT2D eigenvalue weighted by atomic mass is 16.4. The SMILES string of the molecule is CNCCCNC(=O)CCCc1ncc(-c2ccccc2)o1. The van der Waals surface area contributed by atoms with Crippen LogP contribution in [0.1, 0.15) is 25.2 Å². The summed E-state index contributed by atoms with van der Waals surface area (Å²) >= 11 is 0. The van der Waals surface area contributed by atoms with E-state index in [0.29, 0.717) is 18.7 Å². The van der Waals surface area contributed by atoms with Gasteiger partial charge in [-0.1, -0.05) is 30.3 Å². The van der Waals surface area contributed by atoms with Gasteiger partial charge in [-0.3, -0.25) is 4.79 Å². The van der Waals surface area contributed by atoms with E-state index in [1.54, 1.807) is 6.20 Å². The molecule has 0 aliphatic carbocycles. The van der Waals surface area contributed by atoms with Gasteiger partial charge in [-0.2, -0.15) is 0 Å². The number of rotatable bonds is 9. The third kappa shape index (κ3) is 5.33. The predicted octanol–water partition coefficient (Wildman–Crippen LogP) is 2.39. The Bertz CT molecular complexity index is 566. The summed E-state index contributed by atoms with van der Waals surface area (Å²) in [6.07, 6.45) is 4.61. The number of nitrogens with zero attached hydrogens (tertiary/aromatic N) is 1. The van der Waals surface area contributed by atoms with Crippen molar-refractivity contribution in [1.82, 2.24) is 15.6 Å². The summed E-state index contributed by atoms with van der Waals surface area (Å²) < 4.78 is 5.71. The Morgan fingerprint density at radius 2 is 2.00 bits per heavy atom. The minimum Gasteiger partial charge on any atom is -0.441 e. The Morgan fingerprint density at radius 3 is 2.77 bits per heavy atom. The number of carbonyl (C=O) groups is 1. The summed E-state index contributed by atoms with van der Waals surface area (Å²) in [5.74, 6) is 1.54. The van der Waals surface area contributed by atoms with Crippen molar-refractivity contribution in [3.63, 3.8) is 0 Å². The van der Waals surface area contributed by atoms with Crippen LogP contribution >= 0.6 is 0 Å². The van der Waals surface area contributed by atoms with Crippen molar-refractivity contribution in [2.75, 3.05) is 20.1 Å². The van der Waals surface area contributed by atoms with Crippen LogP contribution in [-0.2, 0) is 11.2 Å². The van der Waals surface area contributed by atoms with Crippen LogP contribution in [-0.4, -0.2) is 31.0 Å². The number of hydrogen-bond donors (Lipinski definition) is 2. The van der Waals surface area contributed by atoms with Crippen molar-refractivity contribution in [2.45, 2.75) is 25.7 Å². The Labute approximate surface area is 131 Å². The van der Waals surface area contributed by atoms with Gasteiger partial charge in [0.25, 0.3) is 0 Å². The van der Waals surface area contributed by atoms with Crippen LogP contribution in [0.4, 0.5) is 0 Å². The lowest BCUT2D eigenvalue weighted by atomic mass is 10.2. The molecule has 2 N–H and O–H groups in total. The molecule has 5 heteroatoms. The van der Waals surface area contributed by atoms with Crippen LogP contribution in [0.2, 0.25) is 0 Å². The van der Waals surface area contributed by atoms with Gasteiger partial charge in [0.2, 0.25) is 5.91 Å². The molecule has 0 saturated carbocycles. The van der Waals surface area contributed by atoms with E-state index >= 15 is 0 Å². The van der Waals surface area contributed by atoms with E-state index in [1.807, 2.05) is 37.4 Å². The third-order valence-corrected chi connectivity index (χ3v) is 3.33. The van der Waals surface area contributed by atoms with Crippen LogP contribution < -0.4 is 10.6 Å². The zero-order valence-electron chi connectivity index (χ0n) is 13.0. The van der Waals surface area contributed by atoms with Gasteiger partial charge in [0, 0.05) is 24.9 Å². The molecule has 0 atom stereocenters. The van der Waals surface area contributed by atoms with E-state index in [9.17, 15) is 4.79 Å². The maximum Gasteiger partial charge on any atom is 0.220 e. The molecule has 0 aliphatic heterocycles. The molecule has 0 aliphatic rings. The molecule has 2 aromatic rings. The molecule has 22 heavy (non-hydrogen) atoms. The molecule has 1 aromatic heterocycles. The lowest BCUT2D eigenvalue weighted by Gasteiger charge is -2.04. The Kier molecular flexibility index (Phi) is 6.64. The van der Waals surface area contributed by atoms with E-state index < -0.39 is 0 Å². The molecule has 0 fully saturated rings. The van der Waals surface area contributed by atoms with E-state index in [1.165, 1.54) is 0 Å². The summed E-state index contributed by atoms with van der Waals surface area (Å²) in [5.41, 5.74) is 1.02. The Hall–Kier alpha value is -2.14. The molecule has 0 saturated heterocycles. The fourth-order valence-electron chi connectivity index (χ4n) is 2.14. The molecular weight excluding hydrogens is 278 g/mol. The van der Waals surface area contributed by atoms with Crippen molar-refractivity contribution in [3.05, 3.63) is 42.4 Å². The topological polar surface area (TPSA) is 67.2 Å². The first-order valence-corrected chi connectivity index (χ1v) is 7.71. The van der Waals surface area contributed by atoms with Crippen molar-refractivity contribution >= 4 is 5.91 Å². The Morgan fingerprint density at radius 1 is 1.18 bits per heavy atom. The van der Waals surface area contributed by atoms with Crippen LogP contribution in [0, 0.1) is 0 Å². The summed E-state index contributed by atoms with van der Waals surface area (Å²) in [5, 5.41) is 5.95. The maximum atomic E-state index is 11.6. The van der Waals surface area contributed by atoms with E-state index in [-0.39, 0.29) is 5.91 Å². The molecule has 0 spiro atoms. The summed E-state index contributed by atoms with van der Waals surface area (Å²) in [6, 6.07) is 9.88. The van der Waals surface area contributed by atoms with E-state index in [4.69, 9.17) is 4.42 Å². The monoisotopic (exact) mass is 301 g/mol. The number of carbonyl (C=O) groups excluding carboxylic acids is 1. The second-order valence-electron chi connectivity index (χ2n) is 5.14. The summed E-state index contributed by atoms with van der Waals surface area (Å²) in [7, 11) is 1.90. The molecular formula is C17H23N3O2. The van der Waals surface area contributed by atoms with Gasteiger partial charge in [0.15, 0.2) is 11.7 Å². The van der Waals surface area contributed by atoms with Crippen LogP contribution in [0.3, 0.4) is 0 Å². The first-order chi connectivity index (χ1) is 10.8. The smallest absolute Gasteiger partial charge is 0.220 e. The molecule has 0 bridgehead atoms. The molecule has 1 aromatic carbocycles. The average Bonchev–Trinajstić information content (AvgIpc) is 3.01. The second kappa shape index (κ2) is 9.00. The lowest BCUT2D eigenvalue weighted by molar-refractivity contribution is -0.121. The normalized spacial score (nSPS) is 10.6. The van der Waals surface area contributed by atoms with Crippen molar-refractivity contribution in [2.24, 2.45) is 0 Å². The molecule has 5 nitrogen and oxygen atoms in total. The number of aryl methyl sites for hydroxylation is 1. The average molecular weight is 301 g/mol. The molecule has 2 rings (SSSR count). The highest BCUT2D eigenvalue weighted by Crippen LogP contribution is 2.20. The molecule has 0 radical (unpaired) electrons. The van der Waals surface area contributed by atoms with Gasteiger partial charge in [0.1, 0.15) is 0 Å². The minimum absolute atomic E-state index is 0.0888. The predicted molar refractivity (Wildman–Crippen MR) is 86.4 cm³/mol. The maximum absolute atomic E-state index is 11.6. The van der Waals surface area contributed by atoms with Gasteiger partial charge >= 0.3 is 0 Å². The zero-order chi connectivity index (χ0) is 15.6. The standard InChI is InChI=1S/C17H23N3O2/c1-18-11-6-12-19-16(21)9-5-10-17-20-13-15(22-17)14-7-3-2-4-8-14/h2-4,7-8,13,18H,5-6,9-12H2,1H3,(H,19,21). The highest BCUT2D eigenvalue weighted by Gasteiger charge is 2.07. The number of benzene rings is 1. The zero-order valence-corrected chi connectivity index (χ0v) is 13.0. The minimum atomic E-state index is 0.0888. The molecule has 0 unspecified atom stereocenters. The number of aromatic nitrogens is 1. The van der Waals surface area contributed by atoms with Gasteiger partial charge in [-0.05, 0) is 26.4 Å². The van der Waals surface area contributed by atoms with E-state index in [0.717, 1.165) is 37.3 Å². The first kappa shape index (κ1) is 16.2. The lowest BCUT2D eigenvalue weighted by Crippen LogP contribution is -2.26. The summed E-state index contributed by atoms with van der Waals surface area (Å²) in [4.78, 5) is 15.9. The van der Waals surface area contributed by atoms with Crippen LogP contribution in [0.15, 0.2) is 40.9 Å². The van der Waals surface area contributed by atoms with Crippen molar-refractivity contribution in [3.8, 4) is 11.3 Å². The molecule has 1 amide bonds. The van der Waals surface area contributed by atoms with Crippen LogP contribution in [0.25, 0.3) is 11.3 Å². The quantitative estimate of drug-likeness (QED) is 0.698. The number of oxazole rings is 1. The van der Waals surface area contributed by atoms with Gasteiger partial charge in [0.05, 0.1) is 6.20 Å². The van der Waals surface area contributed by atoms with Gasteiger partial charge in [-0.25, -0.2) is 4.98 Å². The van der Waals surface area contributed by atoms with Crippen LogP contribution in [0.5, 0.6) is 0 Å². The van der Waals surface area contributed by atoms with Gasteiger partial charge in [-0.15, -0.1) is 0 Å². The number of hydrogen-bond acceptors (Lipinski definition) is 4. The summed E-state index contributed by atoms with van der Waals surface area (Å²) in [6.45, 7) is 1.63. The molecule has 118 valence electrons. The first-order valence-electron chi connectivity index (χ1n) is 7.71. The largest absolute Gasteiger partial charge is 0.441 e. The molecule has 1 heterocycles. The number of nitrogens with one attached hydrogen (secondary N) is 2. The van der Waals surface area contributed by atoms with Gasteiger partial charge < -0.3 is 15.1 Å². The Balaban J connectivity index is 1.69.